The highest BCUT2D eigenvalue weighted by Gasteiger charge is 2.51. The summed E-state index contributed by atoms with van der Waals surface area (Å²) >= 11 is 0. The average molecular weight is 401 g/mol. The summed E-state index contributed by atoms with van der Waals surface area (Å²) in [5, 5.41) is 1.32. The molecule has 150 valence electrons. The maximum absolute atomic E-state index is 13.0. The van der Waals surface area contributed by atoms with E-state index in [0.29, 0.717) is 12.4 Å². The molecule has 0 spiro atoms. The van der Waals surface area contributed by atoms with Crippen LogP contribution < -0.4 is 15.0 Å². The molecule has 1 amide bonds. The van der Waals surface area contributed by atoms with Gasteiger partial charge in [0.15, 0.2) is 0 Å². The third-order valence-corrected chi connectivity index (χ3v) is 6.41. The van der Waals surface area contributed by atoms with Crippen molar-refractivity contribution in [1.82, 2.24) is 4.90 Å². The first-order valence-corrected chi connectivity index (χ1v) is 10.4. The molecule has 2 aromatic rings. The van der Waals surface area contributed by atoms with E-state index in [-0.39, 0.29) is 23.7 Å². The lowest BCUT2D eigenvalue weighted by molar-refractivity contribution is -0.117. The van der Waals surface area contributed by atoms with E-state index in [9.17, 15) is 9.18 Å². The summed E-state index contributed by atoms with van der Waals surface area (Å²) in [6, 6.07) is 12.2. The molecule has 2 atom stereocenters. The van der Waals surface area contributed by atoms with Gasteiger partial charge in [0.2, 0.25) is 5.91 Å². The maximum Gasteiger partial charge on any atom is 0.231 e. The van der Waals surface area contributed by atoms with Crippen molar-refractivity contribution in [2.24, 2.45) is 0 Å². The van der Waals surface area contributed by atoms with Gasteiger partial charge in [0.1, 0.15) is 27.3 Å². The Morgan fingerprint density at radius 2 is 2.00 bits per heavy atom. The number of carbonyl (C=O) groups excluding carboxylic acids is 1. The van der Waals surface area contributed by atoms with Crippen LogP contribution in [0.3, 0.4) is 0 Å². The number of anilines is 2. The fraction of sp³-hybridized carbons (Fsp3) is 0.409. The second kappa shape index (κ2) is 7.34. The van der Waals surface area contributed by atoms with E-state index in [1.165, 1.54) is 17.7 Å². The number of fused-ring (bicyclic) bond motifs is 3. The molecule has 0 aromatic heterocycles. The van der Waals surface area contributed by atoms with Crippen molar-refractivity contribution in [3.8, 4) is 5.75 Å². The number of hydrogen-bond acceptors (Lipinski definition) is 4. The maximum atomic E-state index is 13.0. The number of amides is 1. The summed E-state index contributed by atoms with van der Waals surface area (Å²) in [6.07, 6.45) is 1.77. The van der Waals surface area contributed by atoms with E-state index < -0.39 is 5.34 Å². The van der Waals surface area contributed by atoms with E-state index in [1.54, 1.807) is 12.1 Å². The first-order chi connectivity index (χ1) is 14.4. The van der Waals surface area contributed by atoms with Gasteiger partial charge in [-0.05, 0) is 48.7 Å². The summed E-state index contributed by atoms with van der Waals surface area (Å²) in [4.78, 5) is 16.8. The van der Waals surface area contributed by atoms with E-state index in [1.807, 2.05) is 17.0 Å². The monoisotopic (exact) mass is 401 g/mol. The Morgan fingerprint density at radius 1 is 1.20 bits per heavy atom. The van der Waals surface area contributed by atoms with Crippen LogP contribution in [0.4, 0.5) is 15.8 Å². The van der Waals surface area contributed by atoms with Crippen LogP contribution in [0.1, 0.15) is 24.3 Å². The second-order valence-electron chi connectivity index (χ2n) is 8.31. The lowest BCUT2D eigenvalue weighted by atomic mass is 9.58. The van der Waals surface area contributed by atoms with Crippen molar-refractivity contribution in [2.75, 3.05) is 36.5 Å². The van der Waals surface area contributed by atoms with Crippen LogP contribution in [0.5, 0.6) is 5.75 Å². The minimum atomic E-state index is -1.53. The lowest BCUT2D eigenvalue weighted by Gasteiger charge is -2.48. The number of nitrogens with one attached hydrogen (secondary N) is 1. The Labute approximate surface area is 178 Å². The Hall–Kier alpha value is -2.47. The molecule has 1 saturated heterocycles. The number of carbonyl (C=O) groups is 1. The highest BCUT2D eigenvalue weighted by Crippen LogP contribution is 2.52. The van der Waals surface area contributed by atoms with Gasteiger partial charge in [0, 0.05) is 36.9 Å². The van der Waals surface area contributed by atoms with Crippen molar-refractivity contribution in [3.63, 3.8) is 0 Å². The SMILES string of the molecule is [B]C1([B])C(=O)Nc2cccc3c2N1[C@H]1CCN(CCCOc2ccc(F)cc2)C[C@@H]31. The molecule has 5 nitrogen and oxygen atoms in total. The molecule has 3 aliphatic heterocycles. The van der Waals surface area contributed by atoms with Crippen LogP contribution in [0.2, 0.25) is 0 Å². The van der Waals surface area contributed by atoms with Crippen LogP contribution in [-0.2, 0) is 4.79 Å². The summed E-state index contributed by atoms with van der Waals surface area (Å²) in [5.41, 5.74) is 2.96. The van der Waals surface area contributed by atoms with Crippen molar-refractivity contribution < 1.29 is 13.9 Å². The fourth-order valence-electron chi connectivity index (χ4n) is 5.02. The summed E-state index contributed by atoms with van der Waals surface area (Å²) < 4.78 is 18.7. The van der Waals surface area contributed by atoms with Crippen LogP contribution in [0.25, 0.3) is 0 Å². The van der Waals surface area contributed by atoms with Crippen LogP contribution in [0.15, 0.2) is 42.5 Å². The molecule has 0 unspecified atom stereocenters. The molecule has 3 heterocycles. The molecule has 1 fully saturated rings. The quantitative estimate of drug-likeness (QED) is 0.617. The number of likely N-dealkylation sites (tertiary alicyclic amines) is 1. The van der Waals surface area contributed by atoms with Crippen LogP contribution >= 0.6 is 0 Å². The Kier molecular flexibility index (Phi) is 4.77. The Balaban J connectivity index is 1.25. The van der Waals surface area contributed by atoms with E-state index >= 15 is 0 Å². The van der Waals surface area contributed by atoms with Gasteiger partial charge in [-0.1, -0.05) is 12.1 Å². The second-order valence-corrected chi connectivity index (χ2v) is 8.31. The van der Waals surface area contributed by atoms with Crippen molar-refractivity contribution in [3.05, 3.63) is 53.8 Å². The summed E-state index contributed by atoms with van der Waals surface area (Å²) in [7, 11) is 12.5. The molecule has 3 aliphatic rings. The van der Waals surface area contributed by atoms with E-state index in [0.717, 1.165) is 43.9 Å². The molecule has 8 heteroatoms. The van der Waals surface area contributed by atoms with Gasteiger partial charge in [-0.25, -0.2) is 4.39 Å². The fourth-order valence-corrected chi connectivity index (χ4v) is 5.02. The number of para-hydroxylation sites is 1. The molecular weight excluding hydrogens is 379 g/mol. The Bertz CT molecular complexity index is 969. The molecule has 0 bridgehead atoms. The molecule has 0 aliphatic carbocycles. The van der Waals surface area contributed by atoms with E-state index in [2.05, 4.69) is 16.3 Å². The molecule has 0 saturated carbocycles. The zero-order chi connectivity index (χ0) is 20.9. The number of nitrogens with zero attached hydrogens (tertiary/aromatic N) is 2. The predicted octanol–water partition coefficient (Wildman–Crippen LogP) is 2.22. The summed E-state index contributed by atoms with van der Waals surface area (Å²) in [5.74, 6) is 0.305. The number of rotatable bonds is 5. The third-order valence-electron chi connectivity index (χ3n) is 6.41. The van der Waals surface area contributed by atoms with Crippen molar-refractivity contribution in [2.45, 2.75) is 30.1 Å². The van der Waals surface area contributed by atoms with Crippen molar-refractivity contribution in [1.29, 1.82) is 0 Å². The molecule has 1 N–H and O–H groups in total. The van der Waals surface area contributed by atoms with Crippen molar-refractivity contribution >= 4 is 33.0 Å². The molecular formula is C22H22B2FN3O2. The molecule has 5 rings (SSSR count). The van der Waals surface area contributed by atoms with Gasteiger partial charge < -0.3 is 19.9 Å². The molecule has 30 heavy (non-hydrogen) atoms. The van der Waals surface area contributed by atoms with Gasteiger partial charge in [0.05, 0.1) is 18.0 Å². The molecule has 2 aromatic carbocycles. The Morgan fingerprint density at radius 3 is 2.80 bits per heavy atom. The van der Waals surface area contributed by atoms with E-state index in [4.69, 9.17) is 20.4 Å². The number of piperidine rings is 1. The van der Waals surface area contributed by atoms with Gasteiger partial charge in [-0.3, -0.25) is 4.79 Å². The number of hydrogen-bond donors (Lipinski definition) is 1. The molecule has 4 radical (unpaired) electrons. The smallest absolute Gasteiger partial charge is 0.231 e. The number of benzene rings is 2. The first kappa shape index (κ1) is 19.5. The minimum absolute atomic E-state index is 0.119. The largest absolute Gasteiger partial charge is 0.494 e. The first-order valence-electron chi connectivity index (χ1n) is 10.4. The minimum Gasteiger partial charge on any atom is -0.494 e. The third kappa shape index (κ3) is 3.18. The van der Waals surface area contributed by atoms with Gasteiger partial charge in [-0.15, -0.1) is 0 Å². The summed E-state index contributed by atoms with van der Waals surface area (Å²) in [6.45, 7) is 3.29. The lowest BCUT2D eigenvalue weighted by Crippen LogP contribution is -2.64. The number of halogens is 1. The standard InChI is InChI=1S/C22H22B2FN3O2/c23-22(24)21(29)26-18-4-1-3-16-17-13-27(11-9-19(17)28(22)20(16)18)10-2-12-30-15-7-5-14(25)6-8-15/h1,3-8,17,19H,2,9-13H2,(H,26,29)/t17-,19-/m0/s1. The highest BCUT2D eigenvalue weighted by atomic mass is 19.1. The topological polar surface area (TPSA) is 44.8 Å². The average Bonchev–Trinajstić information content (AvgIpc) is 3.07. The zero-order valence-corrected chi connectivity index (χ0v) is 16.7. The normalized spacial score (nSPS) is 24.2. The predicted molar refractivity (Wildman–Crippen MR) is 116 cm³/mol. The van der Waals surface area contributed by atoms with Gasteiger partial charge >= 0.3 is 0 Å². The van der Waals surface area contributed by atoms with Crippen LogP contribution in [-0.4, -0.2) is 64.1 Å². The number of ether oxygens (including phenoxy) is 1. The van der Waals surface area contributed by atoms with Gasteiger partial charge in [-0.2, -0.15) is 0 Å². The van der Waals surface area contributed by atoms with Gasteiger partial charge in [0.25, 0.3) is 0 Å². The highest BCUT2D eigenvalue weighted by molar-refractivity contribution is 6.55. The van der Waals surface area contributed by atoms with Crippen LogP contribution in [0, 0.1) is 5.82 Å². The zero-order valence-electron chi connectivity index (χ0n) is 16.7.